The molecule has 0 saturated carbocycles. The molecule has 0 saturated heterocycles. The van der Waals surface area contributed by atoms with E-state index in [4.69, 9.17) is 0 Å². The third kappa shape index (κ3) is 4.64. The van der Waals surface area contributed by atoms with Crippen LogP contribution in [0.15, 0.2) is 60.2 Å². The number of hydrogen-bond acceptors (Lipinski definition) is 5. The van der Waals surface area contributed by atoms with E-state index in [0.717, 1.165) is 30.0 Å². The zero-order chi connectivity index (χ0) is 17.5. The van der Waals surface area contributed by atoms with Crippen molar-refractivity contribution in [2.75, 3.05) is 18.5 Å². The number of pyridine rings is 2. The van der Waals surface area contributed by atoms with Crippen molar-refractivity contribution in [2.24, 2.45) is 0 Å². The van der Waals surface area contributed by atoms with E-state index in [1.54, 1.807) is 6.20 Å². The standard InChI is InChI=1S/C19H20N4OS/c1-23(12-9-16-7-2-3-10-20-16)18-15(6-4-11-21-18)14-22-19(24)17-8-5-13-25-17/h2-8,10-11,13H,9,12,14H2,1H3,(H,22,24). The number of nitrogens with one attached hydrogen (secondary N) is 1. The molecule has 3 aromatic heterocycles. The van der Waals surface area contributed by atoms with Gasteiger partial charge >= 0.3 is 0 Å². The Morgan fingerprint density at radius 1 is 1.12 bits per heavy atom. The lowest BCUT2D eigenvalue weighted by molar-refractivity contribution is 0.0955. The van der Waals surface area contributed by atoms with Gasteiger partial charge in [0.15, 0.2) is 0 Å². The first-order valence-corrected chi connectivity index (χ1v) is 8.98. The zero-order valence-corrected chi connectivity index (χ0v) is 14.9. The third-order valence-electron chi connectivity index (χ3n) is 3.84. The van der Waals surface area contributed by atoms with Crippen molar-refractivity contribution in [3.05, 3.63) is 76.4 Å². The molecule has 0 radical (unpaired) electrons. The molecule has 1 amide bonds. The van der Waals surface area contributed by atoms with Crippen LogP contribution in [-0.4, -0.2) is 29.5 Å². The van der Waals surface area contributed by atoms with Gasteiger partial charge in [-0.3, -0.25) is 9.78 Å². The molecule has 0 aromatic carbocycles. The summed E-state index contributed by atoms with van der Waals surface area (Å²) >= 11 is 1.44. The molecule has 5 nitrogen and oxygen atoms in total. The van der Waals surface area contributed by atoms with E-state index in [2.05, 4.69) is 20.2 Å². The molecule has 0 aliphatic rings. The lowest BCUT2D eigenvalue weighted by atomic mass is 10.2. The Bertz CT molecular complexity index is 805. The number of carbonyl (C=O) groups is 1. The van der Waals surface area contributed by atoms with Gasteiger partial charge in [0.1, 0.15) is 5.82 Å². The lowest BCUT2D eigenvalue weighted by Gasteiger charge is -2.21. The summed E-state index contributed by atoms with van der Waals surface area (Å²) in [7, 11) is 2.01. The first-order valence-electron chi connectivity index (χ1n) is 8.10. The van der Waals surface area contributed by atoms with E-state index in [-0.39, 0.29) is 5.91 Å². The van der Waals surface area contributed by atoms with Crippen molar-refractivity contribution >= 4 is 23.1 Å². The summed E-state index contributed by atoms with van der Waals surface area (Å²) in [6.45, 7) is 1.26. The minimum Gasteiger partial charge on any atom is -0.359 e. The molecule has 0 aliphatic carbocycles. The van der Waals surface area contributed by atoms with Gasteiger partial charge < -0.3 is 10.2 Å². The fourth-order valence-electron chi connectivity index (χ4n) is 2.52. The molecule has 3 aromatic rings. The molecule has 128 valence electrons. The van der Waals surface area contributed by atoms with E-state index in [0.29, 0.717) is 11.4 Å². The second-order valence-electron chi connectivity index (χ2n) is 5.64. The molecule has 6 heteroatoms. The minimum atomic E-state index is -0.0547. The predicted molar refractivity (Wildman–Crippen MR) is 101 cm³/mol. The van der Waals surface area contributed by atoms with Crippen molar-refractivity contribution in [1.82, 2.24) is 15.3 Å². The topological polar surface area (TPSA) is 58.1 Å². The number of likely N-dealkylation sites (N-methyl/N-ethyl adjacent to an activating group) is 1. The van der Waals surface area contributed by atoms with Crippen molar-refractivity contribution in [2.45, 2.75) is 13.0 Å². The molecule has 1 N–H and O–H groups in total. The second kappa shape index (κ2) is 8.39. The average molecular weight is 352 g/mol. The number of anilines is 1. The van der Waals surface area contributed by atoms with Crippen LogP contribution in [0.5, 0.6) is 0 Å². The van der Waals surface area contributed by atoms with Gasteiger partial charge in [-0.25, -0.2) is 4.98 Å². The van der Waals surface area contributed by atoms with Gasteiger partial charge in [0.2, 0.25) is 0 Å². The van der Waals surface area contributed by atoms with Crippen molar-refractivity contribution in [3.63, 3.8) is 0 Å². The summed E-state index contributed by atoms with van der Waals surface area (Å²) in [5, 5.41) is 4.86. The summed E-state index contributed by atoms with van der Waals surface area (Å²) in [6.07, 6.45) is 4.42. The van der Waals surface area contributed by atoms with Gasteiger partial charge in [-0.2, -0.15) is 0 Å². The highest BCUT2D eigenvalue weighted by Crippen LogP contribution is 2.16. The summed E-state index contributed by atoms with van der Waals surface area (Å²) in [5.74, 6) is 0.825. The number of amides is 1. The number of carbonyl (C=O) groups excluding carboxylic acids is 1. The molecule has 3 heterocycles. The highest BCUT2D eigenvalue weighted by molar-refractivity contribution is 7.12. The Labute approximate surface area is 151 Å². The summed E-state index contributed by atoms with van der Waals surface area (Å²) in [4.78, 5) is 23.8. The van der Waals surface area contributed by atoms with Crippen molar-refractivity contribution in [3.8, 4) is 0 Å². The van der Waals surface area contributed by atoms with Crippen LogP contribution in [-0.2, 0) is 13.0 Å². The normalized spacial score (nSPS) is 10.4. The predicted octanol–water partition coefficient (Wildman–Crippen LogP) is 3.15. The molecule has 0 bridgehead atoms. The Kier molecular flexibility index (Phi) is 5.74. The Morgan fingerprint density at radius 3 is 2.76 bits per heavy atom. The average Bonchev–Trinajstić information content (AvgIpc) is 3.20. The highest BCUT2D eigenvalue weighted by Gasteiger charge is 2.11. The monoisotopic (exact) mass is 352 g/mol. The molecule has 3 rings (SSSR count). The first kappa shape index (κ1) is 17.1. The largest absolute Gasteiger partial charge is 0.359 e. The van der Waals surface area contributed by atoms with Crippen LogP contribution in [0.3, 0.4) is 0 Å². The maximum Gasteiger partial charge on any atom is 0.261 e. The summed E-state index contributed by atoms with van der Waals surface area (Å²) in [5.41, 5.74) is 2.05. The van der Waals surface area contributed by atoms with Crippen molar-refractivity contribution in [1.29, 1.82) is 0 Å². The first-order chi connectivity index (χ1) is 12.2. The summed E-state index contributed by atoms with van der Waals surface area (Å²) in [6, 6.07) is 13.5. The third-order valence-corrected chi connectivity index (χ3v) is 4.71. The van der Waals surface area contributed by atoms with Gasteiger partial charge in [0.05, 0.1) is 4.88 Å². The van der Waals surface area contributed by atoms with E-state index in [9.17, 15) is 4.79 Å². The van der Waals surface area contributed by atoms with Gasteiger partial charge in [-0.1, -0.05) is 18.2 Å². The fraction of sp³-hybridized carbons (Fsp3) is 0.211. The van der Waals surface area contributed by atoms with Gasteiger partial charge in [0.25, 0.3) is 5.91 Å². The molecule has 0 fully saturated rings. The SMILES string of the molecule is CN(CCc1ccccn1)c1ncccc1CNC(=O)c1cccs1. The maximum absolute atomic E-state index is 12.1. The van der Waals surface area contributed by atoms with Crippen LogP contribution in [0.4, 0.5) is 5.82 Å². The molecule has 0 atom stereocenters. The smallest absolute Gasteiger partial charge is 0.261 e. The van der Waals surface area contributed by atoms with E-state index in [1.807, 2.05) is 61.1 Å². The molecule has 0 aliphatic heterocycles. The summed E-state index contributed by atoms with van der Waals surface area (Å²) < 4.78 is 0. The van der Waals surface area contributed by atoms with Crippen LogP contribution >= 0.6 is 11.3 Å². The number of thiophene rings is 1. The van der Waals surface area contributed by atoms with E-state index < -0.39 is 0 Å². The Balaban J connectivity index is 1.62. The number of hydrogen-bond donors (Lipinski definition) is 1. The molecule has 0 unspecified atom stereocenters. The van der Waals surface area contributed by atoms with Gasteiger partial charge in [-0.05, 0) is 29.6 Å². The fourth-order valence-corrected chi connectivity index (χ4v) is 3.16. The molecule has 25 heavy (non-hydrogen) atoms. The lowest BCUT2D eigenvalue weighted by Crippen LogP contribution is -2.26. The molecular weight excluding hydrogens is 332 g/mol. The number of rotatable bonds is 7. The van der Waals surface area contributed by atoms with Crippen molar-refractivity contribution < 1.29 is 4.79 Å². The highest BCUT2D eigenvalue weighted by atomic mass is 32.1. The van der Waals surface area contributed by atoms with E-state index in [1.165, 1.54) is 11.3 Å². The molecule has 0 spiro atoms. The zero-order valence-electron chi connectivity index (χ0n) is 14.1. The second-order valence-corrected chi connectivity index (χ2v) is 6.59. The quantitative estimate of drug-likeness (QED) is 0.710. The van der Waals surface area contributed by atoms with Crippen LogP contribution in [0.1, 0.15) is 20.9 Å². The van der Waals surface area contributed by atoms with E-state index >= 15 is 0 Å². The Morgan fingerprint density at radius 2 is 2.00 bits per heavy atom. The van der Waals surface area contributed by atoms with Crippen LogP contribution in [0.2, 0.25) is 0 Å². The van der Waals surface area contributed by atoms with Crippen LogP contribution < -0.4 is 10.2 Å². The van der Waals surface area contributed by atoms with Gasteiger partial charge in [-0.15, -0.1) is 11.3 Å². The molecular formula is C19H20N4OS. The Hall–Kier alpha value is -2.73. The minimum absolute atomic E-state index is 0.0547. The van der Waals surface area contributed by atoms with Gasteiger partial charge in [0, 0.05) is 50.2 Å². The number of nitrogens with zero attached hydrogens (tertiary/aromatic N) is 3. The maximum atomic E-state index is 12.1. The number of aromatic nitrogens is 2. The van der Waals surface area contributed by atoms with Crippen LogP contribution in [0, 0.1) is 0 Å². The van der Waals surface area contributed by atoms with Crippen LogP contribution in [0.25, 0.3) is 0 Å².